The molecule has 2 N–H and O–H groups in total. The first-order valence-corrected chi connectivity index (χ1v) is 8.24. The number of alkyl halides is 2. The molecule has 28 heavy (non-hydrogen) atoms. The highest BCUT2D eigenvalue weighted by Crippen LogP contribution is 2.37. The number of aromatic nitrogens is 2. The molecule has 2 heterocycles. The van der Waals surface area contributed by atoms with Gasteiger partial charge < -0.3 is 15.2 Å². The van der Waals surface area contributed by atoms with Gasteiger partial charge in [0, 0.05) is 12.0 Å². The normalized spacial score (nSPS) is 19.4. The molecule has 1 aromatic heterocycles. The van der Waals surface area contributed by atoms with Gasteiger partial charge in [-0.25, -0.2) is 23.1 Å². The number of hydrogen-bond donors (Lipinski definition) is 1. The van der Waals surface area contributed by atoms with Crippen LogP contribution in [0.1, 0.15) is 21.6 Å². The number of carbonyl (C=O) groups excluding carboxylic acids is 1. The van der Waals surface area contributed by atoms with Crippen molar-refractivity contribution < 1.29 is 27.4 Å². The summed E-state index contributed by atoms with van der Waals surface area (Å²) in [5.41, 5.74) is 3.29. The van der Waals surface area contributed by atoms with Gasteiger partial charge in [-0.05, 0) is 17.7 Å². The second kappa shape index (κ2) is 7.93. The number of nitrogens with zero attached hydrogens (tertiary/aromatic N) is 3. The van der Waals surface area contributed by atoms with Gasteiger partial charge in [-0.2, -0.15) is 0 Å². The van der Waals surface area contributed by atoms with Gasteiger partial charge in [0.25, 0.3) is 6.43 Å². The van der Waals surface area contributed by atoms with Crippen LogP contribution in [0.15, 0.2) is 35.6 Å². The van der Waals surface area contributed by atoms with Crippen LogP contribution in [-0.4, -0.2) is 48.3 Å². The summed E-state index contributed by atoms with van der Waals surface area (Å²) in [6.45, 7) is -0.631. The monoisotopic (exact) mass is 394 g/mol. The Morgan fingerprint density at radius 2 is 2.14 bits per heavy atom. The highest BCUT2D eigenvalue weighted by Gasteiger charge is 2.46. The van der Waals surface area contributed by atoms with Gasteiger partial charge >= 0.3 is 0 Å². The fourth-order valence-electron chi connectivity index (χ4n) is 2.86. The molecule has 10 heteroatoms. The van der Waals surface area contributed by atoms with Crippen LogP contribution in [0.3, 0.4) is 0 Å². The first kappa shape index (κ1) is 19.7. The number of carbonyl (C=O) groups is 1. The highest BCUT2D eigenvalue weighted by atomic mass is 19.3. The molecule has 0 spiro atoms. The largest absolute Gasteiger partial charge is 0.480 e. The quantitative estimate of drug-likeness (QED) is 0.752. The van der Waals surface area contributed by atoms with Crippen molar-refractivity contribution in [2.45, 2.75) is 18.4 Å². The Bertz CT molecular complexity index is 905. The molecule has 1 aromatic carbocycles. The highest BCUT2D eigenvalue weighted by molar-refractivity contribution is 5.95. The minimum absolute atomic E-state index is 0.0681. The summed E-state index contributed by atoms with van der Waals surface area (Å²) in [4.78, 5) is 24.0. The van der Waals surface area contributed by atoms with Crippen molar-refractivity contribution in [2.24, 2.45) is 10.7 Å². The van der Waals surface area contributed by atoms with Crippen LogP contribution >= 0.6 is 0 Å². The topological polar surface area (TPSA) is 99.7 Å². The number of ketones is 1. The van der Waals surface area contributed by atoms with E-state index in [0.717, 1.165) is 6.07 Å². The van der Waals surface area contributed by atoms with Crippen LogP contribution in [0.5, 0.6) is 5.88 Å². The summed E-state index contributed by atoms with van der Waals surface area (Å²) >= 11 is 0. The van der Waals surface area contributed by atoms with E-state index in [-0.39, 0.29) is 36.0 Å². The van der Waals surface area contributed by atoms with Gasteiger partial charge in [-0.1, -0.05) is 6.07 Å². The predicted octanol–water partition coefficient (Wildman–Crippen LogP) is 1.90. The van der Waals surface area contributed by atoms with Crippen molar-refractivity contribution in [1.82, 2.24) is 9.97 Å². The lowest BCUT2D eigenvalue weighted by Crippen LogP contribution is -2.45. The van der Waals surface area contributed by atoms with Gasteiger partial charge in [-0.15, -0.1) is 0 Å². The lowest BCUT2D eigenvalue weighted by molar-refractivity contribution is -0.0146. The molecule has 148 valence electrons. The van der Waals surface area contributed by atoms with E-state index in [1.54, 1.807) is 0 Å². The molecule has 0 aliphatic carbocycles. The van der Waals surface area contributed by atoms with Crippen LogP contribution in [0.25, 0.3) is 0 Å². The Morgan fingerprint density at radius 1 is 1.36 bits per heavy atom. The van der Waals surface area contributed by atoms with Crippen molar-refractivity contribution in [3.05, 3.63) is 53.2 Å². The van der Waals surface area contributed by atoms with E-state index < -0.39 is 30.2 Å². The standard InChI is InChI=1S/C18H17F3N4O3/c1-27-16-7-23-13(6-24-16)14(26)5-10-2-3-12(19)11(4-10)18(17(20)21)9-28-8-15(22)25-18/h2-4,6-7,17H,5,8-9H2,1H3,(H2,22,25)/t18-/m0/s1. The lowest BCUT2D eigenvalue weighted by atomic mass is 9.88. The van der Waals surface area contributed by atoms with E-state index in [1.165, 1.54) is 31.6 Å². The Hall–Kier alpha value is -3.01. The average molecular weight is 394 g/mol. The molecule has 1 aliphatic rings. The maximum atomic E-state index is 14.4. The smallest absolute Gasteiger partial charge is 0.269 e. The number of amidine groups is 1. The summed E-state index contributed by atoms with van der Waals surface area (Å²) in [6, 6.07) is 3.54. The molecule has 7 nitrogen and oxygen atoms in total. The minimum Gasteiger partial charge on any atom is -0.480 e. The van der Waals surface area contributed by atoms with Gasteiger partial charge in [0.2, 0.25) is 5.88 Å². The van der Waals surface area contributed by atoms with Crippen LogP contribution in [0, 0.1) is 5.82 Å². The summed E-state index contributed by atoms with van der Waals surface area (Å²) in [5.74, 6) is -1.21. The SMILES string of the molecule is COc1cnc(C(=O)Cc2ccc(F)c([C@]3(C(F)F)COCC(N)=N3)c2)cn1. The van der Waals surface area contributed by atoms with E-state index in [4.69, 9.17) is 15.2 Å². The third-order valence-corrected chi connectivity index (χ3v) is 4.26. The molecule has 1 atom stereocenters. The molecular formula is C18H17F3N4O3. The number of aliphatic imine (C=N–C) groups is 1. The lowest BCUT2D eigenvalue weighted by Gasteiger charge is -2.33. The molecule has 1 aliphatic heterocycles. The van der Waals surface area contributed by atoms with Crippen molar-refractivity contribution in [2.75, 3.05) is 20.3 Å². The first-order chi connectivity index (χ1) is 13.4. The Morgan fingerprint density at radius 3 is 2.75 bits per heavy atom. The third kappa shape index (κ3) is 3.81. The summed E-state index contributed by atoms with van der Waals surface area (Å²) in [6.07, 6.45) is -0.717. The van der Waals surface area contributed by atoms with E-state index in [9.17, 15) is 18.0 Å². The van der Waals surface area contributed by atoms with E-state index in [2.05, 4.69) is 15.0 Å². The summed E-state index contributed by atoms with van der Waals surface area (Å²) in [7, 11) is 1.41. The van der Waals surface area contributed by atoms with E-state index in [0.29, 0.717) is 5.56 Å². The van der Waals surface area contributed by atoms with Gasteiger partial charge in [0.05, 0.1) is 26.1 Å². The van der Waals surface area contributed by atoms with Crippen LogP contribution < -0.4 is 10.5 Å². The van der Waals surface area contributed by atoms with Crippen LogP contribution in [0.2, 0.25) is 0 Å². The Balaban J connectivity index is 1.92. The first-order valence-electron chi connectivity index (χ1n) is 8.24. The van der Waals surface area contributed by atoms with Crippen molar-refractivity contribution in [3.8, 4) is 5.88 Å². The number of halogens is 3. The summed E-state index contributed by atoms with van der Waals surface area (Å²) < 4.78 is 52.0. The third-order valence-electron chi connectivity index (χ3n) is 4.26. The number of ether oxygens (including phenoxy) is 2. The predicted molar refractivity (Wildman–Crippen MR) is 93.1 cm³/mol. The molecule has 0 saturated carbocycles. The Kier molecular flexibility index (Phi) is 5.59. The molecule has 0 bridgehead atoms. The second-order valence-electron chi connectivity index (χ2n) is 6.18. The maximum absolute atomic E-state index is 14.4. The fourth-order valence-corrected chi connectivity index (χ4v) is 2.86. The zero-order valence-corrected chi connectivity index (χ0v) is 14.9. The molecule has 0 saturated heterocycles. The molecule has 0 unspecified atom stereocenters. The van der Waals surface area contributed by atoms with Crippen molar-refractivity contribution >= 4 is 11.6 Å². The molecular weight excluding hydrogens is 377 g/mol. The summed E-state index contributed by atoms with van der Waals surface area (Å²) in [5, 5.41) is 0. The maximum Gasteiger partial charge on any atom is 0.269 e. The molecule has 0 fully saturated rings. The van der Waals surface area contributed by atoms with Crippen LogP contribution in [0.4, 0.5) is 13.2 Å². The van der Waals surface area contributed by atoms with E-state index in [1.807, 2.05) is 0 Å². The molecule has 2 aromatic rings. The number of Topliss-reactive ketones (excluding diaryl/α,β-unsaturated/α-hetero) is 1. The van der Waals surface area contributed by atoms with Gasteiger partial charge in [-0.3, -0.25) is 9.79 Å². The average Bonchev–Trinajstić information content (AvgIpc) is 2.69. The number of hydrogen-bond acceptors (Lipinski definition) is 7. The molecule has 0 radical (unpaired) electrons. The number of rotatable bonds is 6. The van der Waals surface area contributed by atoms with Crippen molar-refractivity contribution in [1.29, 1.82) is 0 Å². The second-order valence-corrected chi connectivity index (χ2v) is 6.18. The number of nitrogens with two attached hydrogens (primary N) is 1. The number of methoxy groups -OCH3 is 1. The molecule has 0 amide bonds. The van der Waals surface area contributed by atoms with Crippen molar-refractivity contribution in [3.63, 3.8) is 0 Å². The zero-order chi connectivity index (χ0) is 20.3. The number of benzene rings is 1. The minimum atomic E-state index is -3.06. The van der Waals surface area contributed by atoms with Crippen LogP contribution in [-0.2, 0) is 16.7 Å². The van der Waals surface area contributed by atoms with E-state index >= 15 is 0 Å². The van der Waals surface area contributed by atoms with Gasteiger partial charge in [0.15, 0.2) is 11.3 Å². The fraction of sp³-hybridized carbons (Fsp3) is 0.333. The zero-order valence-electron chi connectivity index (χ0n) is 14.9. The Labute approximate surface area is 158 Å². The molecule has 3 rings (SSSR count). The van der Waals surface area contributed by atoms with Gasteiger partial charge in [0.1, 0.15) is 24.0 Å².